The third kappa shape index (κ3) is 3.06. The van der Waals surface area contributed by atoms with Crippen LogP contribution < -0.4 is 5.73 Å². The lowest BCUT2D eigenvalue weighted by molar-refractivity contribution is 0.113. The Kier molecular flexibility index (Phi) is 4.57. The van der Waals surface area contributed by atoms with Gasteiger partial charge in [-0.3, -0.25) is 4.90 Å². The molecule has 0 bridgehead atoms. The van der Waals surface area contributed by atoms with Crippen LogP contribution in [0.3, 0.4) is 0 Å². The molecule has 1 aromatic heterocycles. The molecule has 22 heavy (non-hydrogen) atoms. The van der Waals surface area contributed by atoms with E-state index in [1.807, 2.05) is 18.2 Å². The third-order valence-electron chi connectivity index (χ3n) is 4.47. The second-order valence-corrected chi connectivity index (χ2v) is 6.06. The van der Waals surface area contributed by atoms with Gasteiger partial charge < -0.3 is 15.2 Å². The van der Waals surface area contributed by atoms with Crippen molar-refractivity contribution < 1.29 is 0 Å². The molecular weight excluding hydrogens is 274 g/mol. The number of rotatable bonds is 4. The molecule has 0 amide bonds. The van der Waals surface area contributed by atoms with Gasteiger partial charge in [-0.05, 0) is 7.05 Å². The molecular formula is C17H25N5. The van der Waals surface area contributed by atoms with Crippen molar-refractivity contribution in [1.29, 1.82) is 0 Å². The monoisotopic (exact) mass is 299 g/mol. The summed E-state index contributed by atoms with van der Waals surface area (Å²) in [6.45, 7) is 4.89. The molecule has 5 heteroatoms. The highest BCUT2D eigenvalue weighted by Crippen LogP contribution is 2.24. The van der Waals surface area contributed by atoms with Gasteiger partial charge in [0.15, 0.2) is 0 Å². The molecule has 1 aliphatic heterocycles. The number of nitrogens with zero attached hydrogens (tertiary/aromatic N) is 4. The second-order valence-electron chi connectivity index (χ2n) is 6.06. The molecule has 1 aromatic carbocycles. The molecule has 1 saturated heterocycles. The van der Waals surface area contributed by atoms with Gasteiger partial charge in [0.2, 0.25) is 0 Å². The van der Waals surface area contributed by atoms with Gasteiger partial charge in [0.25, 0.3) is 0 Å². The maximum Gasteiger partial charge on any atom is 0.140 e. The molecule has 5 nitrogen and oxygen atoms in total. The van der Waals surface area contributed by atoms with Crippen LogP contribution in [-0.4, -0.2) is 59.1 Å². The van der Waals surface area contributed by atoms with Crippen LogP contribution in [-0.2, 0) is 7.05 Å². The Morgan fingerprint density at radius 3 is 2.41 bits per heavy atom. The average molecular weight is 299 g/mol. The van der Waals surface area contributed by atoms with Crippen LogP contribution in [0.25, 0.3) is 11.4 Å². The summed E-state index contributed by atoms with van der Waals surface area (Å²) in [5, 5.41) is 0. The Balaban J connectivity index is 1.84. The van der Waals surface area contributed by atoms with Crippen LogP contribution in [0.1, 0.15) is 11.7 Å². The third-order valence-corrected chi connectivity index (χ3v) is 4.47. The molecule has 0 radical (unpaired) electrons. The second kappa shape index (κ2) is 6.60. The van der Waals surface area contributed by atoms with Gasteiger partial charge in [-0.25, -0.2) is 4.98 Å². The Morgan fingerprint density at radius 1 is 1.09 bits per heavy atom. The van der Waals surface area contributed by atoms with Gasteiger partial charge in [-0.1, -0.05) is 30.3 Å². The van der Waals surface area contributed by atoms with Gasteiger partial charge in [0.05, 0.1) is 11.7 Å². The number of imidazole rings is 1. The molecule has 0 aliphatic carbocycles. The summed E-state index contributed by atoms with van der Waals surface area (Å²) in [7, 11) is 4.22. The zero-order chi connectivity index (χ0) is 15.5. The fraction of sp³-hybridized carbons (Fsp3) is 0.471. The van der Waals surface area contributed by atoms with Crippen LogP contribution in [0.4, 0.5) is 0 Å². The first-order valence-electron chi connectivity index (χ1n) is 7.90. The molecule has 2 aromatic rings. The van der Waals surface area contributed by atoms with E-state index >= 15 is 0 Å². The molecule has 118 valence electrons. The summed E-state index contributed by atoms with van der Waals surface area (Å²) in [4.78, 5) is 9.69. The number of hydrogen-bond donors (Lipinski definition) is 1. The van der Waals surface area contributed by atoms with Gasteiger partial charge in [-0.2, -0.15) is 0 Å². The number of nitrogens with two attached hydrogens (primary N) is 1. The van der Waals surface area contributed by atoms with Crippen molar-refractivity contribution in [2.45, 2.75) is 6.04 Å². The smallest absolute Gasteiger partial charge is 0.140 e. The number of aromatic nitrogens is 2. The van der Waals surface area contributed by atoms with Gasteiger partial charge in [-0.15, -0.1) is 0 Å². The highest BCUT2D eigenvalue weighted by atomic mass is 15.3. The Labute approximate surface area is 132 Å². The molecule has 1 aliphatic rings. The van der Waals surface area contributed by atoms with Crippen molar-refractivity contribution >= 4 is 0 Å². The van der Waals surface area contributed by atoms with E-state index in [9.17, 15) is 0 Å². The predicted molar refractivity (Wildman–Crippen MR) is 89.5 cm³/mol. The molecule has 0 spiro atoms. The summed E-state index contributed by atoms with van der Waals surface area (Å²) >= 11 is 0. The molecule has 1 unspecified atom stereocenters. The number of aryl methyl sites for hydroxylation is 1. The fourth-order valence-corrected chi connectivity index (χ4v) is 3.10. The van der Waals surface area contributed by atoms with E-state index in [4.69, 9.17) is 10.7 Å². The molecule has 2 N–H and O–H groups in total. The van der Waals surface area contributed by atoms with E-state index in [0.29, 0.717) is 6.54 Å². The van der Waals surface area contributed by atoms with Crippen LogP contribution in [0.15, 0.2) is 36.5 Å². The van der Waals surface area contributed by atoms with E-state index < -0.39 is 0 Å². The molecule has 2 heterocycles. The lowest BCUT2D eigenvalue weighted by Gasteiger charge is -2.36. The van der Waals surface area contributed by atoms with Crippen LogP contribution in [0.5, 0.6) is 0 Å². The minimum atomic E-state index is 0.206. The summed E-state index contributed by atoms with van der Waals surface area (Å²) in [6.07, 6.45) is 2.12. The Bertz CT molecular complexity index is 599. The summed E-state index contributed by atoms with van der Waals surface area (Å²) in [6, 6.07) is 10.5. The van der Waals surface area contributed by atoms with Gasteiger partial charge >= 0.3 is 0 Å². The largest absolute Gasteiger partial charge is 0.334 e. The minimum absolute atomic E-state index is 0.206. The summed E-state index contributed by atoms with van der Waals surface area (Å²) < 4.78 is 2.10. The van der Waals surface area contributed by atoms with E-state index in [1.165, 1.54) is 0 Å². The first-order valence-corrected chi connectivity index (χ1v) is 7.90. The van der Waals surface area contributed by atoms with Crippen LogP contribution >= 0.6 is 0 Å². The van der Waals surface area contributed by atoms with Gasteiger partial charge in [0, 0.05) is 51.5 Å². The van der Waals surface area contributed by atoms with Crippen molar-refractivity contribution in [2.75, 3.05) is 39.8 Å². The molecule has 1 atom stereocenters. The van der Waals surface area contributed by atoms with Gasteiger partial charge in [0.1, 0.15) is 5.82 Å². The van der Waals surface area contributed by atoms with E-state index in [-0.39, 0.29) is 6.04 Å². The van der Waals surface area contributed by atoms with Crippen molar-refractivity contribution in [3.05, 3.63) is 42.2 Å². The zero-order valence-electron chi connectivity index (χ0n) is 13.4. The fourth-order valence-electron chi connectivity index (χ4n) is 3.10. The minimum Gasteiger partial charge on any atom is -0.334 e. The quantitative estimate of drug-likeness (QED) is 0.925. The Hall–Kier alpha value is -1.69. The van der Waals surface area contributed by atoms with E-state index in [1.54, 1.807) is 0 Å². The van der Waals surface area contributed by atoms with E-state index in [0.717, 1.165) is 43.3 Å². The SMILES string of the molecule is CN1CCN(C(CN)c2cn(C)c(-c3ccccc3)n2)CC1. The normalized spacial score (nSPS) is 18.5. The molecule has 0 saturated carbocycles. The molecule has 3 rings (SSSR count). The first kappa shape index (κ1) is 15.2. The Morgan fingerprint density at radius 2 is 1.77 bits per heavy atom. The average Bonchev–Trinajstić information content (AvgIpc) is 2.92. The summed E-state index contributed by atoms with van der Waals surface area (Å²) in [5.74, 6) is 1.00. The number of hydrogen-bond acceptors (Lipinski definition) is 4. The standard InChI is InChI=1S/C17H25N5/c1-20-8-10-22(11-9-20)16(12-18)15-13-21(2)17(19-15)14-6-4-3-5-7-14/h3-7,13,16H,8-12,18H2,1-2H3. The number of benzene rings is 1. The molecule has 1 fully saturated rings. The topological polar surface area (TPSA) is 50.3 Å². The number of likely N-dealkylation sites (N-methyl/N-ethyl adjacent to an activating group) is 1. The van der Waals surface area contributed by atoms with Crippen molar-refractivity contribution in [3.8, 4) is 11.4 Å². The lowest BCUT2D eigenvalue weighted by Crippen LogP contribution is -2.47. The van der Waals surface area contributed by atoms with Crippen molar-refractivity contribution in [2.24, 2.45) is 12.8 Å². The van der Waals surface area contributed by atoms with Crippen molar-refractivity contribution in [3.63, 3.8) is 0 Å². The zero-order valence-corrected chi connectivity index (χ0v) is 13.4. The lowest BCUT2D eigenvalue weighted by atomic mass is 10.1. The van der Waals surface area contributed by atoms with Crippen LogP contribution in [0.2, 0.25) is 0 Å². The highest BCUT2D eigenvalue weighted by molar-refractivity contribution is 5.55. The maximum absolute atomic E-state index is 6.06. The maximum atomic E-state index is 6.06. The van der Waals surface area contributed by atoms with Crippen molar-refractivity contribution in [1.82, 2.24) is 19.4 Å². The first-order chi connectivity index (χ1) is 10.7. The predicted octanol–water partition coefficient (Wildman–Crippen LogP) is 1.33. The highest BCUT2D eigenvalue weighted by Gasteiger charge is 2.25. The number of piperazine rings is 1. The van der Waals surface area contributed by atoms with E-state index in [2.05, 4.69) is 46.8 Å². The summed E-state index contributed by atoms with van der Waals surface area (Å²) in [5.41, 5.74) is 8.28. The van der Waals surface area contributed by atoms with Crippen LogP contribution in [0, 0.1) is 0 Å².